The predicted molar refractivity (Wildman–Crippen MR) is 396 cm³/mol. The number of nitrogens with zero attached hydrogens (tertiary/aromatic N) is 4. The highest BCUT2D eigenvalue weighted by Crippen LogP contribution is 2.23. The number of hydrogen-bond donors (Lipinski definition) is 18. The molecule has 2 aromatic carbocycles. The molecule has 2 bridgehead atoms. The molecule has 12 atom stereocenters. The normalized spacial score (nSPS) is 23.9. The summed E-state index contributed by atoms with van der Waals surface area (Å²) in [6.07, 6.45) is 6.33. The first-order valence-electron chi connectivity index (χ1n) is 36.4. The van der Waals surface area contributed by atoms with Gasteiger partial charge in [0.05, 0.1) is 36.8 Å². The number of H-pyrrole nitrogens is 3. The predicted octanol–water partition coefficient (Wildman–Crippen LogP) is -1.10. The summed E-state index contributed by atoms with van der Waals surface area (Å²) >= 11 is 0. The Balaban J connectivity index is 1.22. The Morgan fingerprint density at radius 3 is 1.81 bits per heavy atom. The van der Waals surface area contributed by atoms with Crippen molar-refractivity contribution < 1.29 is 72.5 Å². The summed E-state index contributed by atoms with van der Waals surface area (Å²) in [7, 11) is 1.57. The van der Waals surface area contributed by atoms with Crippen molar-refractivity contribution in [3.8, 4) is 0 Å². The maximum absolute atomic E-state index is 14.9. The number of hydrogen-bond acceptors (Lipinski definition) is 19. The zero-order valence-corrected chi connectivity index (χ0v) is 62.3. The summed E-state index contributed by atoms with van der Waals surface area (Å²) in [6.45, 7) is 12.2. The number of carboxylic acids is 1. The quantitative estimate of drug-likeness (QED) is 0.0404. The van der Waals surface area contributed by atoms with Crippen LogP contribution in [0.1, 0.15) is 129 Å². The zero-order valence-electron chi connectivity index (χ0n) is 62.3. The molecular weight excluding hydrogens is 1400 g/mol. The minimum atomic E-state index is -1.64. The van der Waals surface area contributed by atoms with Crippen molar-refractivity contribution in [2.75, 3.05) is 20.1 Å². The molecular formula is C73H104N20O15. The molecule has 7 rings (SSSR count). The van der Waals surface area contributed by atoms with E-state index < -0.39 is 168 Å². The van der Waals surface area contributed by atoms with Gasteiger partial charge in [0, 0.05) is 84.6 Å². The van der Waals surface area contributed by atoms with Crippen LogP contribution in [0.2, 0.25) is 0 Å². The molecule has 19 N–H and O–H groups in total. The molecule has 0 saturated heterocycles. The van der Waals surface area contributed by atoms with E-state index in [-0.39, 0.29) is 82.7 Å². The number of nitrogens with one attached hydrogen (secondary N) is 15. The summed E-state index contributed by atoms with van der Waals surface area (Å²) in [5.74, 6) is -12.1. The number of aromatic nitrogens is 7. The first kappa shape index (κ1) is 84.3. The fourth-order valence-corrected chi connectivity index (χ4v) is 12.6. The van der Waals surface area contributed by atoms with E-state index in [9.17, 15) is 72.5 Å². The van der Waals surface area contributed by atoms with Crippen LogP contribution in [0, 0.1) is 17.8 Å². The van der Waals surface area contributed by atoms with Crippen LogP contribution < -0.4 is 69.5 Å². The van der Waals surface area contributed by atoms with Gasteiger partial charge in [-0.2, -0.15) is 0 Å². The molecule has 4 aromatic heterocycles. The van der Waals surface area contributed by atoms with Gasteiger partial charge in [0.25, 0.3) is 0 Å². The fourth-order valence-electron chi connectivity index (χ4n) is 12.6. The third-order valence-corrected chi connectivity index (χ3v) is 18.6. The van der Waals surface area contributed by atoms with Crippen LogP contribution in [0.4, 0.5) is 0 Å². The number of carbonyl (C=O) groups excluding carboxylic acids is 12. The second kappa shape index (κ2) is 40.1. The van der Waals surface area contributed by atoms with Crippen molar-refractivity contribution >= 4 is 99.0 Å². The number of rotatable bonds is 20. The maximum atomic E-state index is 14.9. The zero-order chi connectivity index (χ0) is 78.9. The van der Waals surface area contributed by atoms with E-state index >= 15 is 0 Å². The van der Waals surface area contributed by atoms with Gasteiger partial charge in [0.15, 0.2) is 0 Å². The van der Waals surface area contributed by atoms with E-state index in [1.165, 1.54) is 26.4 Å². The van der Waals surface area contributed by atoms with Crippen LogP contribution in [0.25, 0.3) is 21.8 Å². The third kappa shape index (κ3) is 25.1. The second-order valence-electron chi connectivity index (χ2n) is 28.9. The first-order valence-corrected chi connectivity index (χ1v) is 36.4. The fraction of sp³-hybridized carbons (Fsp3) is 0.534. The van der Waals surface area contributed by atoms with Gasteiger partial charge in [0.2, 0.25) is 65.0 Å². The Morgan fingerprint density at radius 2 is 1.24 bits per heavy atom. The van der Waals surface area contributed by atoms with E-state index in [0.717, 1.165) is 10.9 Å². The molecule has 586 valence electrons. The van der Waals surface area contributed by atoms with Crippen molar-refractivity contribution in [1.29, 1.82) is 0 Å². The molecule has 0 fully saturated rings. The number of aliphatic hydroxyl groups excluding tert-OH is 1. The minimum Gasteiger partial charge on any atom is -0.481 e. The van der Waals surface area contributed by atoms with E-state index in [4.69, 9.17) is 5.73 Å². The summed E-state index contributed by atoms with van der Waals surface area (Å²) in [5.41, 5.74) is 7.58. The Kier molecular flexibility index (Phi) is 31.3. The van der Waals surface area contributed by atoms with Crippen LogP contribution in [-0.4, -0.2) is 215 Å². The highest BCUT2D eigenvalue weighted by atomic mass is 16.4. The molecule has 6 aromatic rings. The third-order valence-electron chi connectivity index (χ3n) is 18.6. The topological polar surface area (TPSA) is 524 Å². The number of aromatic amines is 3. The molecule has 35 nitrogen and oxygen atoms in total. The van der Waals surface area contributed by atoms with Gasteiger partial charge < -0.3 is 99.5 Å². The van der Waals surface area contributed by atoms with Crippen LogP contribution in [0.15, 0.2) is 79.6 Å². The molecule has 11 amide bonds. The lowest BCUT2D eigenvalue weighted by Crippen LogP contribution is -2.61. The van der Waals surface area contributed by atoms with Gasteiger partial charge in [-0.1, -0.05) is 83.2 Å². The number of aryl methyl sites for hydroxylation is 2. The SMILES string of the molecule is CN[C@H]1CCc2cn(nn2)CCCC[C@@H](C(=O)N[C@H](C(N)=O)[C@@H](C)O)NC(=O)[C@H](Cc2c[nH]c3ccccc23)NC(=O)[C@H](C(C)C)NC(=O)[C@H](CC(C)C)NC(=O)[C@H](CCC(=O)O)NC(=O)CNC(=O)[C@H](CC(C)C)NC(=O)[C@H](Cc2cnc[nH]2)NC(=O)[C@H](Cc2c[nH]c3ccccc23)NC[C@@](C)(C=O)NC1=O. The van der Waals surface area contributed by atoms with Crippen LogP contribution in [0.3, 0.4) is 0 Å². The number of primary amides is 1. The lowest BCUT2D eigenvalue weighted by Gasteiger charge is -2.30. The second-order valence-corrected chi connectivity index (χ2v) is 28.9. The summed E-state index contributed by atoms with van der Waals surface area (Å²) in [4.78, 5) is 196. The molecule has 0 aliphatic carbocycles. The molecule has 1 aliphatic rings. The number of amides is 11. The highest BCUT2D eigenvalue weighted by Gasteiger charge is 2.38. The lowest BCUT2D eigenvalue weighted by atomic mass is 9.98. The monoisotopic (exact) mass is 1500 g/mol. The Bertz CT molecular complexity index is 4090. The van der Waals surface area contributed by atoms with E-state index in [2.05, 4.69) is 94.0 Å². The molecule has 0 unspecified atom stereocenters. The van der Waals surface area contributed by atoms with E-state index in [0.29, 0.717) is 46.1 Å². The van der Waals surface area contributed by atoms with Crippen molar-refractivity contribution in [2.45, 2.75) is 211 Å². The molecule has 0 saturated carbocycles. The van der Waals surface area contributed by atoms with Crippen LogP contribution in [0.5, 0.6) is 0 Å². The van der Waals surface area contributed by atoms with Crippen LogP contribution >= 0.6 is 0 Å². The average molecular weight is 1500 g/mol. The standard InChI is InChI=1S/C73H104N20O15/c1-39(2)26-55-64(100)79-34-59(96)82-53(23-24-60(97)98)65(101)85-56(27-40(3)4)70(106)88-61(41(5)6)72(108)87-57(29-44-32-78-50-19-13-11-17-48(44)50)68(104)83-52(66(102)89-62(42(7)95)63(74)99)20-14-15-25-93-35-45(91-92-93)21-22-51(75-9)71(107)90-73(8,37-94)36-80-54(28-43-31-77-49-18-12-10-16-47(43)49)67(103)86-58(69(105)84-55)30-46-33-76-38-81-46/h10-13,16-19,31-33,35,37-42,51-58,61-62,75,77-78,80,95H,14-15,20-30,34,36H2,1-9H3,(H2,74,99)(H,76,81)(H,79,100)(H,82,96)(H,83,104)(H,84,105)(H,85,101)(H,86,103)(H,87,108)(H,88,106)(H,89,102)(H,90,107)(H,97,98)/t42-,51+,52+,53+,54+,55+,56+,57+,58+,61+,62+,73+/m1/s1. The number of aliphatic carboxylic acids is 1. The van der Waals surface area contributed by atoms with Crippen molar-refractivity contribution in [2.24, 2.45) is 23.5 Å². The number of likely N-dealkylation sites (N-methyl/N-ethyl adjacent to an activating group) is 1. The van der Waals surface area contributed by atoms with Crippen molar-refractivity contribution in [1.82, 2.24) is 98.7 Å². The Morgan fingerprint density at radius 1 is 0.676 bits per heavy atom. The van der Waals surface area contributed by atoms with Gasteiger partial charge >= 0.3 is 5.97 Å². The number of carboxylic acid groups (broad SMARTS) is 1. The molecule has 108 heavy (non-hydrogen) atoms. The van der Waals surface area contributed by atoms with Crippen LogP contribution in [-0.2, 0) is 94.6 Å². The largest absolute Gasteiger partial charge is 0.481 e. The molecule has 0 spiro atoms. The van der Waals surface area contributed by atoms with Gasteiger partial charge in [0.1, 0.15) is 60.2 Å². The molecule has 35 heteroatoms. The van der Waals surface area contributed by atoms with Crippen molar-refractivity contribution in [3.05, 3.63) is 102 Å². The number of benzene rings is 2. The first-order chi connectivity index (χ1) is 51.3. The molecule has 1 aliphatic heterocycles. The average Bonchev–Trinajstić information content (AvgIpc) is 1.52. The van der Waals surface area contributed by atoms with Crippen molar-refractivity contribution in [3.63, 3.8) is 0 Å². The number of imidazole rings is 1. The number of carbonyl (C=O) groups is 13. The highest BCUT2D eigenvalue weighted by molar-refractivity contribution is 5.99. The van der Waals surface area contributed by atoms with Gasteiger partial charge in [-0.25, -0.2) is 4.98 Å². The van der Waals surface area contributed by atoms with E-state index in [1.54, 1.807) is 96.1 Å². The number of para-hydroxylation sites is 2. The summed E-state index contributed by atoms with van der Waals surface area (Å²) in [6, 6.07) is 0.804. The molecule has 0 radical (unpaired) electrons. The smallest absolute Gasteiger partial charge is 0.303 e. The maximum Gasteiger partial charge on any atom is 0.303 e. The number of fused-ring (bicyclic) bond motifs is 4. The molecule has 5 heterocycles. The van der Waals surface area contributed by atoms with Gasteiger partial charge in [-0.3, -0.25) is 62.2 Å². The Labute approximate surface area is 624 Å². The summed E-state index contributed by atoms with van der Waals surface area (Å²) in [5, 5.41) is 63.2. The Hall–Kier alpha value is -10.9. The number of nitrogens with two attached hydrogens (primary N) is 1. The van der Waals surface area contributed by atoms with Gasteiger partial charge in [-0.15, -0.1) is 5.10 Å². The number of aldehydes is 1. The summed E-state index contributed by atoms with van der Waals surface area (Å²) < 4.78 is 1.55. The van der Waals surface area contributed by atoms with E-state index in [1.807, 2.05) is 24.3 Å². The number of aliphatic hydroxyl groups is 1. The minimum absolute atomic E-state index is 0.00357. The van der Waals surface area contributed by atoms with Gasteiger partial charge in [-0.05, 0) is 120 Å². The lowest BCUT2D eigenvalue weighted by molar-refractivity contribution is -0.138.